The number of aryl methyl sites for hydroxylation is 8. The number of aromatic nitrogens is 8. The van der Waals surface area contributed by atoms with E-state index < -0.39 is 0 Å². The van der Waals surface area contributed by atoms with Gasteiger partial charge >= 0.3 is 0 Å². The zero-order chi connectivity index (χ0) is 75.9. The van der Waals surface area contributed by atoms with Gasteiger partial charge in [0.2, 0.25) is 0 Å². The van der Waals surface area contributed by atoms with Crippen molar-refractivity contribution in [3.8, 4) is 0 Å². The summed E-state index contributed by atoms with van der Waals surface area (Å²) in [6, 6.07) is 60.4. The van der Waals surface area contributed by atoms with E-state index >= 15 is 0 Å². The monoisotopic (exact) mass is 1410 g/mol. The Kier molecular flexibility index (Phi) is 17.0. The van der Waals surface area contributed by atoms with Crippen molar-refractivity contribution in [1.82, 2.24) is 39.9 Å². The van der Waals surface area contributed by atoms with Crippen LogP contribution < -0.4 is 19.6 Å². The fourth-order valence-electron chi connectivity index (χ4n) is 16.7. The minimum Gasteiger partial charge on any atom is -0.309 e. The van der Waals surface area contributed by atoms with Gasteiger partial charge in [-0.05, 0) is 206 Å². The molecule has 0 aliphatic rings. The molecule has 538 valence electrons. The lowest BCUT2D eigenvalue weighted by Gasteiger charge is -2.37. The van der Waals surface area contributed by atoms with Crippen LogP contribution in [0.1, 0.15) is 150 Å². The summed E-state index contributed by atoms with van der Waals surface area (Å²) in [5, 5.41) is 6.38. The van der Waals surface area contributed by atoms with E-state index in [4.69, 9.17) is 39.9 Å². The van der Waals surface area contributed by atoms with Crippen LogP contribution in [-0.2, 0) is 21.7 Å². The quantitative estimate of drug-likeness (QED) is 0.108. The van der Waals surface area contributed by atoms with E-state index in [0.717, 1.165) is 189 Å². The van der Waals surface area contributed by atoms with Gasteiger partial charge in [-0.3, -0.25) is 39.9 Å². The molecule has 12 heteroatoms. The molecule has 0 bridgehead atoms. The van der Waals surface area contributed by atoms with Crippen LogP contribution in [0.4, 0.5) is 68.2 Å². The second-order valence-corrected chi connectivity index (χ2v) is 33.8. The Morgan fingerprint density at radius 1 is 0.222 bits per heavy atom. The highest BCUT2D eigenvalue weighted by Gasteiger charge is 2.34. The summed E-state index contributed by atoms with van der Waals surface area (Å²) in [4.78, 5) is 50.4. The summed E-state index contributed by atoms with van der Waals surface area (Å²) in [5.74, 6) is 0. The van der Waals surface area contributed by atoms with E-state index in [1.54, 1.807) is 24.8 Å². The van der Waals surface area contributed by atoms with Gasteiger partial charge in [0.15, 0.2) is 0 Å². The van der Waals surface area contributed by atoms with Crippen LogP contribution in [0, 0.1) is 55.4 Å². The van der Waals surface area contributed by atoms with E-state index in [0.29, 0.717) is 0 Å². The lowest BCUT2D eigenvalue weighted by atomic mass is 9.86. The van der Waals surface area contributed by atoms with Gasteiger partial charge in [0.1, 0.15) is 0 Å². The Morgan fingerprint density at radius 2 is 0.407 bits per heavy atom. The number of nitrogens with zero attached hydrogens (tertiary/aromatic N) is 12. The number of fused-ring (bicyclic) bond motifs is 4. The van der Waals surface area contributed by atoms with E-state index in [9.17, 15) is 0 Å². The van der Waals surface area contributed by atoms with Crippen LogP contribution in [0.5, 0.6) is 0 Å². The summed E-state index contributed by atoms with van der Waals surface area (Å²) in [6.07, 6.45) is 14.4. The van der Waals surface area contributed by atoms with Crippen molar-refractivity contribution in [2.24, 2.45) is 0 Å². The van der Waals surface area contributed by atoms with Crippen LogP contribution in [0.15, 0.2) is 207 Å². The van der Waals surface area contributed by atoms with Gasteiger partial charge in [0.25, 0.3) is 0 Å². The SMILES string of the molecule is Cc1cc2nccnc2c(C)c1N(c1ccc(C(C)(C)C)cc1)c1cc(N(c2ccc(C(C)(C)C)cc2)c2c(C)cc3nccnc3c2C)c2ccc3c(N(c4ccc(C(C)(C)C)cc4)c4c(C)cc5nccnc5c4C)cc(N(c4ccc(C(C)(C)C)cc4)c4c(C)cc5nccnc5c4C)c4ccc1c2c43. The molecule has 0 saturated heterocycles. The van der Waals surface area contributed by atoms with Crippen molar-refractivity contribution < 1.29 is 0 Å². The molecule has 0 spiro atoms. The van der Waals surface area contributed by atoms with Gasteiger partial charge in [-0.25, -0.2) is 0 Å². The highest BCUT2D eigenvalue weighted by molar-refractivity contribution is 6.33. The molecule has 12 nitrogen and oxygen atoms in total. The van der Waals surface area contributed by atoms with Crippen molar-refractivity contribution in [3.05, 3.63) is 274 Å². The molecule has 0 atom stereocenters. The van der Waals surface area contributed by atoms with Gasteiger partial charge in [-0.1, -0.05) is 156 Å². The van der Waals surface area contributed by atoms with Crippen molar-refractivity contribution in [3.63, 3.8) is 0 Å². The molecular formula is C96H94N12. The molecule has 0 fully saturated rings. The van der Waals surface area contributed by atoms with Crippen molar-refractivity contribution in [2.45, 2.75) is 160 Å². The standard InChI is InChI=1S/C96H94N12/c1-55-49-75-85(101-45-41-97-75)59(5)89(55)105(67-29-21-63(22-30-67)93(9,10)11)79-53-80(106(68-31-23-64(24-32-68)94(12,13)14)90-56(2)50-76-86(60(90)6)102-46-42-98-76)72-39-40-74-82(108(70-35-27-66(28-36-70)96(18,19)20)92-58(4)52-78-88(62(92)8)104-48-44-100-78)54-81(73-38-37-71(79)83(72)84(73)74)107(69-33-25-65(26-34-69)95(15,16)17)91-57(3)51-77-87(61(91)7)103-47-43-99-77/h21-54H,1-20H3. The molecule has 12 aromatic carbocycles. The van der Waals surface area contributed by atoms with Crippen molar-refractivity contribution >= 4 is 145 Å². The van der Waals surface area contributed by atoms with Crippen molar-refractivity contribution in [1.29, 1.82) is 0 Å². The Labute approximate surface area is 634 Å². The highest BCUT2D eigenvalue weighted by Crippen LogP contribution is 2.58. The van der Waals surface area contributed by atoms with Crippen LogP contribution in [0.25, 0.3) is 76.5 Å². The summed E-state index contributed by atoms with van der Waals surface area (Å²) in [7, 11) is 0. The minimum atomic E-state index is -0.119. The summed E-state index contributed by atoms with van der Waals surface area (Å²) in [6.45, 7) is 45.2. The maximum absolute atomic E-state index is 5.13. The average Bonchev–Trinajstić information content (AvgIpc) is 0.694. The Balaban J connectivity index is 1.15. The lowest BCUT2D eigenvalue weighted by molar-refractivity contribution is 0.590. The first-order valence-corrected chi connectivity index (χ1v) is 37.7. The number of hydrogen-bond donors (Lipinski definition) is 0. The third-order valence-electron chi connectivity index (χ3n) is 22.3. The maximum Gasteiger partial charge on any atom is 0.0936 e. The highest BCUT2D eigenvalue weighted by atomic mass is 15.2. The van der Waals surface area contributed by atoms with Crippen LogP contribution in [0.2, 0.25) is 0 Å². The molecular weight excluding hydrogens is 1320 g/mol. The van der Waals surface area contributed by atoms with E-state index in [-0.39, 0.29) is 21.7 Å². The molecule has 4 heterocycles. The molecule has 0 aliphatic carbocycles. The predicted molar refractivity (Wildman–Crippen MR) is 454 cm³/mol. The van der Waals surface area contributed by atoms with Gasteiger partial charge in [0.05, 0.1) is 89.6 Å². The van der Waals surface area contributed by atoms with Gasteiger partial charge < -0.3 is 19.6 Å². The first-order valence-electron chi connectivity index (χ1n) is 37.7. The molecule has 4 aromatic heterocycles. The molecule has 0 saturated carbocycles. The normalized spacial score (nSPS) is 12.4. The zero-order valence-electron chi connectivity index (χ0n) is 66.0. The molecule has 16 rings (SSSR count). The van der Waals surface area contributed by atoms with Crippen LogP contribution in [-0.4, -0.2) is 39.9 Å². The molecule has 0 aliphatic heterocycles. The molecule has 0 radical (unpaired) electrons. The summed E-state index contributed by atoms with van der Waals surface area (Å²) < 4.78 is 0. The number of anilines is 12. The smallest absolute Gasteiger partial charge is 0.0936 e. The Morgan fingerprint density at radius 3 is 0.593 bits per heavy atom. The average molecular weight is 1420 g/mol. The number of rotatable bonds is 12. The topological polar surface area (TPSA) is 116 Å². The molecule has 0 unspecified atom stereocenters. The van der Waals surface area contributed by atoms with E-state index in [1.807, 2.05) is 24.8 Å². The number of hydrogen-bond acceptors (Lipinski definition) is 12. The Bertz CT molecular complexity index is 5500. The fraction of sp³-hybridized carbons (Fsp3) is 0.250. The van der Waals surface area contributed by atoms with Gasteiger partial charge in [-0.2, -0.15) is 0 Å². The molecule has 0 amide bonds. The van der Waals surface area contributed by atoms with E-state index in [1.165, 1.54) is 22.3 Å². The first kappa shape index (κ1) is 70.5. The first-order chi connectivity index (χ1) is 51.4. The van der Waals surface area contributed by atoms with Crippen LogP contribution >= 0.6 is 0 Å². The largest absolute Gasteiger partial charge is 0.309 e. The molecule has 16 aromatic rings. The van der Waals surface area contributed by atoms with E-state index in [2.05, 4.69) is 316 Å². The second kappa shape index (κ2) is 26.0. The third kappa shape index (κ3) is 11.9. The molecule has 0 N–H and O–H groups in total. The minimum absolute atomic E-state index is 0.119. The molecule has 108 heavy (non-hydrogen) atoms. The van der Waals surface area contributed by atoms with Crippen molar-refractivity contribution in [2.75, 3.05) is 19.6 Å². The third-order valence-corrected chi connectivity index (χ3v) is 22.3. The Hall–Kier alpha value is -11.8. The zero-order valence-corrected chi connectivity index (χ0v) is 66.0. The van der Waals surface area contributed by atoms with Gasteiger partial charge in [0, 0.05) is 127 Å². The van der Waals surface area contributed by atoms with Gasteiger partial charge in [-0.15, -0.1) is 0 Å². The lowest BCUT2D eigenvalue weighted by Crippen LogP contribution is -2.19. The second-order valence-electron chi connectivity index (χ2n) is 33.8. The van der Waals surface area contributed by atoms with Crippen LogP contribution in [0.3, 0.4) is 0 Å². The summed E-state index contributed by atoms with van der Waals surface area (Å²) in [5.41, 5.74) is 31.5. The number of benzene rings is 12. The maximum atomic E-state index is 5.13. The fourth-order valence-corrected chi connectivity index (χ4v) is 16.7. The predicted octanol–water partition coefficient (Wildman–Crippen LogP) is 25.9. The summed E-state index contributed by atoms with van der Waals surface area (Å²) >= 11 is 0.